The van der Waals surface area contributed by atoms with E-state index in [1.54, 1.807) is 45.0 Å². The van der Waals surface area contributed by atoms with Crippen molar-refractivity contribution in [3.63, 3.8) is 0 Å². The van der Waals surface area contributed by atoms with Crippen LogP contribution in [0, 0.1) is 23.7 Å². The normalized spacial score (nSPS) is 17.1. The summed E-state index contributed by atoms with van der Waals surface area (Å²) in [5.41, 5.74) is 2.78. The van der Waals surface area contributed by atoms with Crippen LogP contribution in [0.2, 0.25) is 0 Å². The average molecular weight is 996 g/mol. The number of hydrogen-bond donors (Lipinski definition) is 5. The molecule has 16 nitrogen and oxygen atoms in total. The van der Waals surface area contributed by atoms with E-state index in [2.05, 4.69) is 26.3 Å². The third kappa shape index (κ3) is 17.1. The van der Waals surface area contributed by atoms with Gasteiger partial charge in [0.2, 0.25) is 29.5 Å². The van der Waals surface area contributed by atoms with Crippen molar-refractivity contribution in [1.82, 2.24) is 36.1 Å². The Morgan fingerprint density at radius 2 is 1.47 bits per heavy atom. The van der Waals surface area contributed by atoms with Crippen LogP contribution in [0.3, 0.4) is 0 Å². The van der Waals surface area contributed by atoms with Crippen LogP contribution in [0.5, 0.6) is 0 Å². The number of carbonyl (C=O) groups excluding carboxylic acids is 6. The molecule has 0 spiro atoms. The maximum atomic E-state index is 14.4. The van der Waals surface area contributed by atoms with Gasteiger partial charge in [-0.3, -0.25) is 24.0 Å². The van der Waals surface area contributed by atoms with Gasteiger partial charge in [-0.1, -0.05) is 103 Å². The number of aromatic nitrogens is 1. The molecule has 1 aromatic heterocycles. The molecule has 5 amide bonds. The summed E-state index contributed by atoms with van der Waals surface area (Å²) in [5, 5.41) is 21.9. The first-order chi connectivity index (χ1) is 32.5. The molecule has 0 radical (unpaired) electrons. The fraction of sp³-hybridized carbons (Fsp3) is 0.600. The molecular formula is C50H73F3N7NaO9. The van der Waals surface area contributed by atoms with Crippen LogP contribution in [0.25, 0.3) is 10.9 Å². The van der Waals surface area contributed by atoms with Crippen molar-refractivity contribution in [3.8, 4) is 0 Å². The first kappa shape index (κ1) is 61.6. The third-order valence-electron chi connectivity index (χ3n) is 13.0. The monoisotopic (exact) mass is 996 g/mol. The zero-order valence-corrected chi connectivity index (χ0v) is 44.8. The summed E-state index contributed by atoms with van der Waals surface area (Å²) in [6, 6.07) is 14.4. The number of nitrogens with zero attached hydrogens (tertiary/aromatic N) is 2. The summed E-state index contributed by atoms with van der Waals surface area (Å²) in [4.78, 5) is 85.5. The molecular weight excluding hydrogens is 923 g/mol. The second-order valence-electron chi connectivity index (χ2n) is 18.4. The van der Waals surface area contributed by atoms with E-state index < -0.39 is 60.5 Å². The molecule has 0 bridgehead atoms. The van der Waals surface area contributed by atoms with E-state index in [0.717, 1.165) is 34.9 Å². The van der Waals surface area contributed by atoms with Crippen LogP contribution in [0.15, 0.2) is 60.8 Å². The Balaban J connectivity index is 0.00000195. The molecule has 5 N–H and O–H groups in total. The molecule has 0 aliphatic carbocycles. The number of nitrogens with one attached hydrogen (secondary N) is 5. The van der Waals surface area contributed by atoms with Crippen molar-refractivity contribution in [1.29, 1.82) is 0 Å². The van der Waals surface area contributed by atoms with Crippen molar-refractivity contribution in [2.45, 2.75) is 136 Å². The summed E-state index contributed by atoms with van der Waals surface area (Å²) < 4.78 is 43.7. The molecule has 20 heteroatoms. The summed E-state index contributed by atoms with van der Waals surface area (Å²) >= 11 is 0. The van der Waals surface area contributed by atoms with Gasteiger partial charge in [-0.15, -0.1) is 0 Å². The Bertz CT molecular complexity index is 2140. The fourth-order valence-electron chi connectivity index (χ4n) is 8.99. The number of rotatable bonds is 23. The zero-order valence-electron chi connectivity index (χ0n) is 42.8. The van der Waals surface area contributed by atoms with E-state index in [-0.39, 0.29) is 89.7 Å². The van der Waals surface area contributed by atoms with Crippen LogP contribution < -0.4 is 55.9 Å². The Morgan fingerprint density at radius 3 is 2.01 bits per heavy atom. The second-order valence-corrected chi connectivity index (χ2v) is 18.4. The minimum atomic E-state index is -5.19. The maximum Gasteiger partial charge on any atom is 1.00 e. The molecule has 9 atom stereocenters. The number of amides is 5. The number of fused-ring (bicyclic) bond motifs is 1. The molecule has 3 aromatic rings. The average Bonchev–Trinajstić information content (AvgIpc) is 3.97. The van der Waals surface area contributed by atoms with Crippen LogP contribution in [0.1, 0.15) is 85.3 Å². The zero-order chi connectivity index (χ0) is 51.7. The number of methoxy groups -OCH3 is 2. The number of H-pyrrole nitrogens is 1. The van der Waals surface area contributed by atoms with Crippen molar-refractivity contribution in [2.24, 2.45) is 23.7 Å². The van der Waals surface area contributed by atoms with Gasteiger partial charge in [-0.05, 0) is 54.8 Å². The number of alkyl halides is 3. The number of aromatic amines is 1. The summed E-state index contributed by atoms with van der Waals surface area (Å²) in [6.45, 7) is 14.3. The van der Waals surface area contributed by atoms with Crippen molar-refractivity contribution < 1.29 is 86.1 Å². The summed E-state index contributed by atoms with van der Waals surface area (Å²) in [6.07, 6.45) is -2.31. The number of hydrogen-bond acceptors (Lipinski definition) is 10. The van der Waals surface area contributed by atoms with Crippen LogP contribution in [0.4, 0.5) is 13.2 Å². The standard InChI is InChI=1S/C48H73N7O7.C2HF3O2.Na/c1-12-31(6)43(54(9)48(60)42(30(4)5)53-47(59)41(49-8)29(2)3)39(61-10)26-40(56)55-24-18-23-38(55)44(62-11)32(7)45(57)52-37(46(58)51-27-33-19-14-13-15-20-33)25-34-28-50-36-22-17-16-21-35(34)36;3-2(4,5)1(6)7;/h13-17,19-22,28-32,37-39,41-44,49-50H,12,18,23-27H2,1-11H3,(H,51,58)(H,52,57)(H,53,59);(H,6,7);/q;;+1/p-1/t31-,32+,37-,38-,39+,41-,42-,43-,44+;;/m0../s1. The Kier molecular flexibility index (Phi) is 25.6. The topological polar surface area (TPSA) is 214 Å². The van der Waals surface area contributed by atoms with Gasteiger partial charge in [-0.2, -0.15) is 13.2 Å². The van der Waals surface area contributed by atoms with Crippen LogP contribution in [-0.4, -0.2) is 134 Å². The number of benzene rings is 2. The molecule has 0 saturated carbocycles. The molecule has 1 aliphatic heterocycles. The fourth-order valence-corrected chi connectivity index (χ4v) is 8.99. The quantitative estimate of drug-likeness (QED) is 0.0855. The number of carboxylic acid groups (broad SMARTS) is 1. The molecule has 0 unspecified atom stereocenters. The van der Waals surface area contributed by atoms with Gasteiger partial charge >= 0.3 is 35.7 Å². The van der Waals surface area contributed by atoms with Crippen LogP contribution >= 0.6 is 0 Å². The van der Waals surface area contributed by atoms with Gasteiger partial charge in [0, 0.05) is 57.9 Å². The molecule has 384 valence electrons. The summed E-state index contributed by atoms with van der Waals surface area (Å²) in [5.74, 6) is -5.27. The molecule has 1 fully saturated rings. The molecule has 70 heavy (non-hydrogen) atoms. The van der Waals surface area contributed by atoms with Crippen molar-refractivity contribution in [2.75, 3.05) is 34.9 Å². The van der Waals surface area contributed by atoms with Gasteiger partial charge in [0.15, 0.2) is 0 Å². The number of halogens is 3. The number of carboxylic acids is 1. The van der Waals surface area contributed by atoms with Crippen molar-refractivity contribution >= 4 is 46.4 Å². The predicted molar refractivity (Wildman–Crippen MR) is 254 cm³/mol. The number of carbonyl (C=O) groups is 6. The first-order valence-corrected chi connectivity index (χ1v) is 23.6. The largest absolute Gasteiger partial charge is 1.00 e. The molecule has 2 heterocycles. The summed E-state index contributed by atoms with van der Waals surface area (Å²) in [7, 11) is 6.56. The molecule has 1 aliphatic rings. The molecule has 2 aromatic carbocycles. The number of likely N-dealkylation sites (N-methyl/N-ethyl adjacent to an activating group) is 2. The Labute approximate surface area is 432 Å². The van der Waals surface area contributed by atoms with E-state index in [9.17, 15) is 37.1 Å². The first-order valence-electron chi connectivity index (χ1n) is 23.6. The number of aliphatic carboxylic acids is 1. The number of para-hydroxylation sites is 1. The third-order valence-corrected chi connectivity index (χ3v) is 13.0. The maximum absolute atomic E-state index is 14.4. The number of likely N-dealkylation sites (tertiary alicyclic amines) is 1. The Morgan fingerprint density at radius 1 is 0.871 bits per heavy atom. The minimum absolute atomic E-state index is 0. The molecule has 4 rings (SSSR count). The molecule has 1 saturated heterocycles. The van der Waals surface area contributed by atoms with E-state index >= 15 is 0 Å². The minimum Gasteiger partial charge on any atom is -0.542 e. The van der Waals surface area contributed by atoms with E-state index in [1.165, 1.54) is 0 Å². The number of ether oxygens (including phenoxy) is 2. The predicted octanol–water partition coefficient (Wildman–Crippen LogP) is 1.12. The van der Waals surface area contributed by atoms with Gasteiger partial charge in [-0.25, -0.2) is 0 Å². The van der Waals surface area contributed by atoms with E-state index in [0.29, 0.717) is 19.5 Å². The SMILES string of the molecule is CC[C@H](C)[C@@H]([C@@H](CC(=O)N1CCC[C@H]1[C@H](OC)[C@@H](C)C(=O)N[C@@H](Cc1c[nH]c2ccccc12)C(=O)NCc1ccccc1)OC)N(C)C(=O)[C@@H](NC(=O)[C@@H](NC)C(C)C)C(C)C.O=C([O-])C(F)(F)F.[Na+]. The van der Waals surface area contributed by atoms with Crippen molar-refractivity contribution in [3.05, 3.63) is 71.9 Å². The van der Waals surface area contributed by atoms with E-state index in [4.69, 9.17) is 19.4 Å². The smallest absolute Gasteiger partial charge is 0.542 e. The van der Waals surface area contributed by atoms with Gasteiger partial charge in [0.1, 0.15) is 18.1 Å². The van der Waals surface area contributed by atoms with Gasteiger partial charge in [0.05, 0.1) is 42.7 Å². The van der Waals surface area contributed by atoms with E-state index in [1.807, 2.05) is 102 Å². The Hall–Kier alpha value is -4.53. The van der Waals surface area contributed by atoms with Crippen LogP contribution in [-0.2, 0) is 51.2 Å². The van der Waals surface area contributed by atoms with Gasteiger partial charge < -0.3 is 55.4 Å². The second kappa shape index (κ2) is 29.1. The van der Waals surface area contributed by atoms with Gasteiger partial charge in [0.25, 0.3) is 0 Å².